The van der Waals surface area contributed by atoms with Gasteiger partial charge in [0.25, 0.3) is 0 Å². The number of nitrogens with one attached hydrogen (secondary N) is 1. The van der Waals surface area contributed by atoms with Crippen LogP contribution in [0, 0.1) is 6.92 Å². The lowest BCUT2D eigenvalue weighted by Crippen LogP contribution is -2.54. The van der Waals surface area contributed by atoms with Crippen molar-refractivity contribution in [2.75, 3.05) is 24.5 Å². The van der Waals surface area contributed by atoms with Gasteiger partial charge in [0.15, 0.2) is 0 Å². The number of hydrogen-bond acceptors (Lipinski definition) is 4. The molecule has 1 aliphatic heterocycles. The van der Waals surface area contributed by atoms with E-state index in [2.05, 4.69) is 10.4 Å². The Morgan fingerprint density at radius 2 is 2.22 bits per heavy atom. The molecule has 122 valence electrons. The first-order valence-electron chi connectivity index (χ1n) is 7.40. The second-order valence-electron chi connectivity index (χ2n) is 5.51. The lowest BCUT2D eigenvalue weighted by molar-refractivity contribution is -0.120. The third-order valence-corrected chi connectivity index (χ3v) is 4.72. The standard InChI is InChI=1S/C15H19N5O2S/c1-11-3-4-13(23-11)8-16-15(22)19-5-6-20(14(21)10-19)12-7-17-18(2)9-12/h3-4,7,9H,5-6,8,10H2,1-2H3,(H,16,22). The van der Waals surface area contributed by atoms with E-state index < -0.39 is 0 Å². The van der Waals surface area contributed by atoms with E-state index >= 15 is 0 Å². The Labute approximate surface area is 138 Å². The number of amides is 3. The maximum Gasteiger partial charge on any atom is 0.318 e. The molecule has 1 N–H and O–H groups in total. The van der Waals surface area contributed by atoms with E-state index in [1.165, 1.54) is 4.88 Å². The van der Waals surface area contributed by atoms with E-state index in [0.29, 0.717) is 19.6 Å². The largest absolute Gasteiger partial charge is 0.333 e. The number of piperazine rings is 1. The van der Waals surface area contributed by atoms with Crippen molar-refractivity contribution < 1.29 is 9.59 Å². The third-order valence-electron chi connectivity index (χ3n) is 3.72. The Morgan fingerprint density at radius 1 is 1.39 bits per heavy atom. The summed E-state index contributed by atoms with van der Waals surface area (Å²) in [5.74, 6) is -0.0913. The van der Waals surface area contributed by atoms with Gasteiger partial charge in [-0.1, -0.05) is 0 Å². The third kappa shape index (κ3) is 3.53. The highest BCUT2D eigenvalue weighted by molar-refractivity contribution is 7.11. The van der Waals surface area contributed by atoms with Crippen molar-refractivity contribution in [1.82, 2.24) is 20.0 Å². The normalized spacial score (nSPS) is 15.1. The van der Waals surface area contributed by atoms with Crippen molar-refractivity contribution in [3.8, 4) is 0 Å². The van der Waals surface area contributed by atoms with Crippen LogP contribution in [0.4, 0.5) is 10.5 Å². The van der Waals surface area contributed by atoms with E-state index in [9.17, 15) is 9.59 Å². The fraction of sp³-hybridized carbons (Fsp3) is 0.400. The summed E-state index contributed by atoms with van der Waals surface area (Å²) in [6.07, 6.45) is 3.46. The van der Waals surface area contributed by atoms with Crippen LogP contribution in [0.5, 0.6) is 0 Å². The Kier molecular flexibility index (Phi) is 4.33. The van der Waals surface area contributed by atoms with Crippen molar-refractivity contribution in [3.05, 3.63) is 34.3 Å². The Morgan fingerprint density at radius 3 is 2.83 bits per heavy atom. The molecule has 0 saturated carbocycles. The van der Waals surface area contributed by atoms with Gasteiger partial charge >= 0.3 is 6.03 Å². The summed E-state index contributed by atoms with van der Waals surface area (Å²) in [6, 6.07) is 3.84. The number of nitrogens with zero attached hydrogens (tertiary/aromatic N) is 4. The van der Waals surface area contributed by atoms with E-state index in [-0.39, 0.29) is 18.5 Å². The van der Waals surface area contributed by atoms with Gasteiger partial charge in [-0.15, -0.1) is 11.3 Å². The van der Waals surface area contributed by atoms with E-state index in [4.69, 9.17) is 0 Å². The summed E-state index contributed by atoms with van der Waals surface area (Å²) < 4.78 is 1.66. The molecule has 1 saturated heterocycles. The Bertz CT molecular complexity index is 723. The first-order valence-corrected chi connectivity index (χ1v) is 8.21. The number of carbonyl (C=O) groups is 2. The molecule has 0 aromatic carbocycles. The van der Waals surface area contributed by atoms with Crippen LogP contribution in [0.3, 0.4) is 0 Å². The zero-order valence-electron chi connectivity index (χ0n) is 13.2. The highest BCUT2D eigenvalue weighted by Crippen LogP contribution is 2.17. The molecule has 0 unspecified atom stereocenters. The second-order valence-corrected chi connectivity index (χ2v) is 6.88. The lowest BCUT2D eigenvalue weighted by atomic mass is 10.3. The average Bonchev–Trinajstić information content (AvgIpc) is 3.13. The molecule has 0 spiro atoms. The van der Waals surface area contributed by atoms with Crippen LogP contribution in [0.15, 0.2) is 24.5 Å². The molecular weight excluding hydrogens is 314 g/mol. The molecule has 1 aliphatic rings. The summed E-state index contributed by atoms with van der Waals surface area (Å²) >= 11 is 1.66. The van der Waals surface area contributed by atoms with Crippen LogP contribution in [0.2, 0.25) is 0 Å². The number of thiophene rings is 1. The molecule has 1 fully saturated rings. The monoisotopic (exact) mass is 333 g/mol. The number of anilines is 1. The minimum absolute atomic E-state index is 0.0875. The van der Waals surface area contributed by atoms with Crippen LogP contribution >= 0.6 is 11.3 Å². The van der Waals surface area contributed by atoms with Crippen LogP contribution in [0.25, 0.3) is 0 Å². The first-order chi connectivity index (χ1) is 11.0. The van der Waals surface area contributed by atoms with Gasteiger partial charge in [-0.05, 0) is 19.1 Å². The molecule has 8 heteroatoms. The van der Waals surface area contributed by atoms with Crippen molar-refractivity contribution >= 4 is 29.0 Å². The zero-order valence-corrected chi connectivity index (χ0v) is 14.0. The lowest BCUT2D eigenvalue weighted by Gasteiger charge is -2.33. The molecule has 3 amide bonds. The smallest absolute Gasteiger partial charge is 0.318 e. The van der Waals surface area contributed by atoms with Gasteiger partial charge in [0, 0.05) is 36.1 Å². The molecule has 23 heavy (non-hydrogen) atoms. The highest BCUT2D eigenvalue weighted by atomic mass is 32.1. The predicted molar refractivity (Wildman–Crippen MR) is 88.4 cm³/mol. The van der Waals surface area contributed by atoms with Gasteiger partial charge < -0.3 is 15.1 Å². The topological polar surface area (TPSA) is 70.5 Å². The quantitative estimate of drug-likeness (QED) is 0.922. The van der Waals surface area contributed by atoms with Gasteiger partial charge in [-0.2, -0.15) is 5.10 Å². The van der Waals surface area contributed by atoms with E-state index in [1.54, 1.807) is 38.2 Å². The SMILES string of the molecule is Cc1ccc(CNC(=O)N2CCN(c3cnn(C)c3)C(=O)C2)s1. The Hall–Kier alpha value is -2.35. The number of urea groups is 1. The molecule has 0 aliphatic carbocycles. The van der Waals surface area contributed by atoms with Crippen molar-refractivity contribution in [3.63, 3.8) is 0 Å². The maximum absolute atomic E-state index is 12.3. The summed E-state index contributed by atoms with van der Waals surface area (Å²) in [7, 11) is 1.81. The second kappa shape index (κ2) is 6.41. The molecule has 3 heterocycles. The summed E-state index contributed by atoms with van der Waals surface area (Å²) in [4.78, 5) is 30.0. The van der Waals surface area contributed by atoms with Gasteiger partial charge in [0.2, 0.25) is 5.91 Å². The van der Waals surface area contributed by atoms with E-state index in [0.717, 1.165) is 10.6 Å². The molecule has 7 nitrogen and oxygen atoms in total. The van der Waals surface area contributed by atoms with Gasteiger partial charge in [-0.25, -0.2) is 4.79 Å². The number of aromatic nitrogens is 2. The fourth-order valence-electron chi connectivity index (χ4n) is 2.52. The molecule has 2 aromatic heterocycles. The highest BCUT2D eigenvalue weighted by Gasteiger charge is 2.28. The summed E-state index contributed by atoms with van der Waals surface area (Å²) in [5.41, 5.74) is 0.770. The molecule has 0 radical (unpaired) electrons. The number of rotatable bonds is 3. The minimum atomic E-state index is -0.199. The number of aryl methyl sites for hydroxylation is 2. The maximum atomic E-state index is 12.3. The zero-order chi connectivity index (χ0) is 16.4. The molecule has 0 atom stereocenters. The van der Waals surface area contributed by atoms with E-state index in [1.807, 2.05) is 26.1 Å². The average molecular weight is 333 g/mol. The van der Waals surface area contributed by atoms with Crippen LogP contribution < -0.4 is 10.2 Å². The molecular formula is C15H19N5O2S. The van der Waals surface area contributed by atoms with Crippen LogP contribution in [0.1, 0.15) is 9.75 Å². The van der Waals surface area contributed by atoms with Crippen LogP contribution in [-0.2, 0) is 18.4 Å². The first kappa shape index (κ1) is 15.5. The molecule has 2 aromatic rings. The summed E-state index contributed by atoms with van der Waals surface area (Å²) in [5, 5.41) is 6.95. The molecule has 3 rings (SSSR count). The fourth-order valence-corrected chi connectivity index (χ4v) is 3.35. The summed E-state index contributed by atoms with van der Waals surface area (Å²) in [6.45, 7) is 3.61. The van der Waals surface area contributed by atoms with Gasteiger partial charge in [0.05, 0.1) is 18.4 Å². The van der Waals surface area contributed by atoms with Crippen LogP contribution in [-0.4, -0.2) is 46.3 Å². The Balaban J connectivity index is 1.54. The number of hydrogen-bond donors (Lipinski definition) is 1. The van der Waals surface area contributed by atoms with Gasteiger partial charge in [-0.3, -0.25) is 9.48 Å². The predicted octanol–water partition coefficient (Wildman–Crippen LogP) is 1.35. The van der Waals surface area contributed by atoms with Crippen molar-refractivity contribution in [1.29, 1.82) is 0 Å². The number of carbonyl (C=O) groups excluding carboxylic acids is 2. The van der Waals surface area contributed by atoms with Crippen molar-refractivity contribution in [2.24, 2.45) is 7.05 Å². The molecule has 0 bridgehead atoms. The minimum Gasteiger partial charge on any atom is -0.333 e. The van der Waals surface area contributed by atoms with Crippen molar-refractivity contribution in [2.45, 2.75) is 13.5 Å². The van der Waals surface area contributed by atoms with Gasteiger partial charge in [0.1, 0.15) is 6.54 Å².